The summed E-state index contributed by atoms with van der Waals surface area (Å²) in [5.41, 5.74) is 6.12. The fourth-order valence-corrected chi connectivity index (χ4v) is 3.19. The first-order chi connectivity index (χ1) is 10.4. The Bertz CT molecular complexity index is 542. The SMILES string of the molecule is C[S+]([O-])CCN1CC(c2cccc(F)c2F)CCC(N)C1=O. The first kappa shape index (κ1) is 17.2. The highest BCUT2D eigenvalue weighted by Gasteiger charge is 2.31. The van der Waals surface area contributed by atoms with Crippen LogP contribution in [0, 0.1) is 11.6 Å². The molecule has 0 saturated carbocycles. The Balaban J connectivity index is 2.21. The number of carbonyl (C=O) groups excluding carboxylic acids is 1. The first-order valence-electron chi connectivity index (χ1n) is 7.18. The van der Waals surface area contributed by atoms with Gasteiger partial charge in [-0.25, -0.2) is 8.78 Å². The summed E-state index contributed by atoms with van der Waals surface area (Å²) in [4.78, 5) is 13.7. The molecule has 1 aromatic carbocycles. The molecule has 3 unspecified atom stereocenters. The third-order valence-electron chi connectivity index (χ3n) is 3.97. The largest absolute Gasteiger partial charge is 0.617 e. The molecule has 0 spiro atoms. The smallest absolute Gasteiger partial charge is 0.239 e. The van der Waals surface area contributed by atoms with Crippen molar-refractivity contribution in [3.05, 3.63) is 35.4 Å². The van der Waals surface area contributed by atoms with Crippen LogP contribution in [0.25, 0.3) is 0 Å². The summed E-state index contributed by atoms with van der Waals surface area (Å²) in [6.45, 7) is 0.577. The molecule has 1 amide bonds. The number of amides is 1. The summed E-state index contributed by atoms with van der Waals surface area (Å²) in [6, 6.07) is 3.43. The molecule has 1 aliphatic heterocycles. The second kappa shape index (κ2) is 7.39. The number of benzene rings is 1. The zero-order valence-electron chi connectivity index (χ0n) is 12.4. The molecule has 4 nitrogen and oxygen atoms in total. The van der Waals surface area contributed by atoms with Gasteiger partial charge < -0.3 is 15.2 Å². The fourth-order valence-electron chi connectivity index (χ4n) is 2.72. The van der Waals surface area contributed by atoms with Crippen LogP contribution in [0.1, 0.15) is 24.3 Å². The van der Waals surface area contributed by atoms with Crippen LogP contribution in [0.2, 0.25) is 0 Å². The van der Waals surface area contributed by atoms with Crippen LogP contribution in [-0.4, -0.2) is 46.5 Å². The normalized spacial score (nSPS) is 24.2. The highest BCUT2D eigenvalue weighted by molar-refractivity contribution is 7.90. The molecule has 1 aromatic rings. The topological polar surface area (TPSA) is 69.4 Å². The van der Waals surface area contributed by atoms with Crippen LogP contribution in [0.5, 0.6) is 0 Å². The monoisotopic (exact) mass is 330 g/mol. The second-order valence-corrected chi connectivity index (χ2v) is 7.14. The molecule has 1 saturated heterocycles. The molecule has 7 heteroatoms. The van der Waals surface area contributed by atoms with Gasteiger partial charge in [0.1, 0.15) is 5.75 Å². The zero-order chi connectivity index (χ0) is 16.3. The summed E-state index contributed by atoms with van der Waals surface area (Å²) >= 11 is -1.03. The molecular formula is C15H20F2N2O2S. The third-order valence-corrected chi connectivity index (χ3v) is 4.72. The number of hydrogen-bond donors (Lipinski definition) is 1. The van der Waals surface area contributed by atoms with E-state index in [1.165, 1.54) is 11.0 Å². The molecule has 1 heterocycles. The van der Waals surface area contributed by atoms with Gasteiger partial charge in [0.05, 0.1) is 18.8 Å². The lowest BCUT2D eigenvalue weighted by atomic mass is 9.93. The van der Waals surface area contributed by atoms with Gasteiger partial charge in [0.25, 0.3) is 0 Å². The summed E-state index contributed by atoms with van der Waals surface area (Å²) in [5.74, 6) is -1.94. The van der Waals surface area contributed by atoms with Crippen molar-refractivity contribution in [3.8, 4) is 0 Å². The quantitative estimate of drug-likeness (QED) is 0.848. The van der Waals surface area contributed by atoms with Crippen molar-refractivity contribution in [2.24, 2.45) is 5.73 Å². The van der Waals surface area contributed by atoms with E-state index < -0.39 is 28.9 Å². The Kier molecular flexibility index (Phi) is 5.77. The van der Waals surface area contributed by atoms with Gasteiger partial charge in [-0.15, -0.1) is 0 Å². The van der Waals surface area contributed by atoms with Crippen LogP contribution in [0.3, 0.4) is 0 Å². The maximum Gasteiger partial charge on any atom is 0.239 e. The molecule has 122 valence electrons. The van der Waals surface area contributed by atoms with E-state index in [4.69, 9.17) is 5.73 Å². The Hall–Kier alpha value is -1.18. The van der Waals surface area contributed by atoms with Crippen molar-refractivity contribution >= 4 is 17.1 Å². The van der Waals surface area contributed by atoms with Crippen molar-refractivity contribution in [3.63, 3.8) is 0 Å². The average Bonchev–Trinajstić information content (AvgIpc) is 2.61. The van der Waals surface area contributed by atoms with E-state index in [2.05, 4.69) is 0 Å². The number of halogens is 2. The van der Waals surface area contributed by atoms with Crippen LogP contribution >= 0.6 is 0 Å². The summed E-state index contributed by atoms with van der Waals surface area (Å²) in [6.07, 6.45) is 2.50. The highest BCUT2D eigenvalue weighted by Crippen LogP contribution is 2.29. The molecule has 0 bridgehead atoms. The van der Waals surface area contributed by atoms with Crippen molar-refractivity contribution in [2.45, 2.75) is 24.8 Å². The molecule has 1 aliphatic rings. The first-order valence-corrected chi connectivity index (χ1v) is 8.91. The Labute approximate surface area is 131 Å². The van der Waals surface area contributed by atoms with Crippen molar-refractivity contribution in [1.82, 2.24) is 4.90 Å². The Morgan fingerprint density at radius 1 is 1.41 bits per heavy atom. The highest BCUT2D eigenvalue weighted by atomic mass is 32.2. The van der Waals surface area contributed by atoms with E-state index in [0.29, 0.717) is 25.1 Å². The van der Waals surface area contributed by atoms with Crippen LogP contribution < -0.4 is 5.73 Å². The average molecular weight is 330 g/mol. The lowest BCUT2D eigenvalue weighted by Gasteiger charge is -2.25. The number of carbonyl (C=O) groups is 1. The van der Waals surface area contributed by atoms with Gasteiger partial charge in [-0.2, -0.15) is 0 Å². The predicted molar refractivity (Wildman–Crippen MR) is 81.8 cm³/mol. The lowest BCUT2D eigenvalue weighted by molar-refractivity contribution is -0.131. The van der Waals surface area contributed by atoms with Gasteiger partial charge in [-0.1, -0.05) is 23.3 Å². The van der Waals surface area contributed by atoms with E-state index in [1.54, 1.807) is 12.3 Å². The molecule has 2 rings (SSSR count). The van der Waals surface area contributed by atoms with Crippen molar-refractivity contribution < 1.29 is 18.1 Å². The van der Waals surface area contributed by atoms with Gasteiger partial charge >= 0.3 is 0 Å². The minimum Gasteiger partial charge on any atom is -0.617 e. The van der Waals surface area contributed by atoms with Crippen LogP contribution in [0.15, 0.2) is 18.2 Å². The molecule has 0 radical (unpaired) electrons. The van der Waals surface area contributed by atoms with E-state index >= 15 is 0 Å². The van der Waals surface area contributed by atoms with Crippen LogP contribution in [0.4, 0.5) is 8.78 Å². The zero-order valence-corrected chi connectivity index (χ0v) is 13.2. The van der Waals surface area contributed by atoms with E-state index in [9.17, 15) is 18.1 Å². The maximum absolute atomic E-state index is 14.0. The summed E-state index contributed by atoms with van der Waals surface area (Å²) in [7, 11) is 0. The number of likely N-dealkylation sites (tertiary alicyclic amines) is 1. The second-order valence-electron chi connectivity index (χ2n) is 5.59. The van der Waals surface area contributed by atoms with Gasteiger partial charge in [-0.05, 0) is 24.5 Å². The fraction of sp³-hybridized carbons (Fsp3) is 0.533. The van der Waals surface area contributed by atoms with Gasteiger partial charge in [0.2, 0.25) is 5.91 Å². The number of nitrogens with zero attached hydrogens (tertiary/aromatic N) is 1. The van der Waals surface area contributed by atoms with E-state index in [-0.39, 0.29) is 23.9 Å². The third kappa shape index (κ3) is 3.97. The molecular weight excluding hydrogens is 310 g/mol. The molecule has 22 heavy (non-hydrogen) atoms. The number of hydrogen-bond acceptors (Lipinski definition) is 3. The standard InChI is InChI=1S/C15H20F2N2O2S/c1-22(21)8-7-19-9-10(5-6-13(18)15(19)20)11-3-2-4-12(16)14(11)17/h2-4,10,13H,5-9,18H2,1H3. The molecule has 3 atom stereocenters. The van der Waals surface area contributed by atoms with E-state index in [0.717, 1.165) is 6.07 Å². The van der Waals surface area contributed by atoms with Crippen LogP contribution in [-0.2, 0) is 16.0 Å². The summed E-state index contributed by atoms with van der Waals surface area (Å²) < 4.78 is 38.7. The minimum absolute atomic E-state index is 0.218. The maximum atomic E-state index is 14.0. The minimum atomic E-state index is -1.03. The predicted octanol–water partition coefficient (Wildman–Crippen LogP) is 1.38. The molecule has 2 N–H and O–H groups in total. The molecule has 1 fully saturated rings. The summed E-state index contributed by atoms with van der Waals surface area (Å²) in [5, 5.41) is 0. The molecule has 0 aliphatic carbocycles. The Morgan fingerprint density at radius 3 is 2.82 bits per heavy atom. The van der Waals surface area contributed by atoms with Gasteiger partial charge in [0, 0.05) is 12.5 Å². The van der Waals surface area contributed by atoms with E-state index in [1.807, 2.05) is 0 Å². The lowest BCUT2D eigenvalue weighted by Crippen LogP contribution is -2.44. The Morgan fingerprint density at radius 2 is 2.14 bits per heavy atom. The van der Waals surface area contributed by atoms with Crippen molar-refractivity contribution in [2.75, 3.05) is 25.1 Å². The van der Waals surface area contributed by atoms with Crippen molar-refractivity contribution in [1.29, 1.82) is 0 Å². The van der Waals surface area contributed by atoms with Gasteiger partial charge in [-0.3, -0.25) is 4.79 Å². The molecule has 0 aromatic heterocycles. The number of nitrogens with two attached hydrogens (primary N) is 1. The van der Waals surface area contributed by atoms with Gasteiger partial charge in [0.15, 0.2) is 11.6 Å². The number of rotatable bonds is 4.